The summed E-state index contributed by atoms with van der Waals surface area (Å²) in [5.74, 6) is 1.77. The highest BCUT2D eigenvalue weighted by molar-refractivity contribution is 6.30. The molecule has 0 radical (unpaired) electrons. The van der Waals surface area contributed by atoms with E-state index in [4.69, 9.17) is 16.6 Å². The molecule has 1 aliphatic carbocycles. The first-order chi connectivity index (χ1) is 12.6. The minimum atomic E-state index is -0.0631. The Morgan fingerprint density at radius 2 is 1.88 bits per heavy atom. The number of halogens is 1. The van der Waals surface area contributed by atoms with E-state index >= 15 is 0 Å². The molecule has 2 aromatic carbocycles. The van der Waals surface area contributed by atoms with Crippen LogP contribution in [0.15, 0.2) is 53.5 Å². The summed E-state index contributed by atoms with van der Waals surface area (Å²) in [6, 6.07) is 16.3. The molecule has 1 saturated carbocycles. The molecule has 4 rings (SSSR count). The molecule has 1 spiro atoms. The predicted molar refractivity (Wildman–Crippen MR) is 113 cm³/mol. The van der Waals surface area contributed by atoms with Gasteiger partial charge in [0.1, 0.15) is 5.84 Å². The molecule has 2 unspecified atom stereocenters. The number of amidine groups is 1. The number of fused-ring (bicyclic) bond motifs is 1. The van der Waals surface area contributed by atoms with E-state index in [0.29, 0.717) is 12.5 Å². The number of aliphatic imine (C=N–C) groups is 1. The molecule has 4 heteroatoms. The van der Waals surface area contributed by atoms with Crippen LogP contribution in [0.1, 0.15) is 45.6 Å². The van der Waals surface area contributed by atoms with Gasteiger partial charge in [-0.1, -0.05) is 56.6 Å². The number of anilines is 2. The maximum Gasteiger partial charge on any atom is 0.127 e. The van der Waals surface area contributed by atoms with Gasteiger partial charge in [-0.15, -0.1) is 0 Å². The molecule has 0 aromatic heterocycles. The third-order valence-electron chi connectivity index (χ3n) is 5.08. The van der Waals surface area contributed by atoms with E-state index in [0.717, 1.165) is 35.0 Å². The summed E-state index contributed by atoms with van der Waals surface area (Å²) in [7, 11) is 0. The minimum absolute atomic E-state index is 0.0631. The molecule has 2 atom stereocenters. The smallest absolute Gasteiger partial charge is 0.127 e. The van der Waals surface area contributed by atoms with Crippen molar-refractivity contribution in [2.45, 2.75) is 52.1 Å². The van der Waals surface area contributed by atoms with E-state index in [9.17, 15) is 0 Å². The van der Waals surface area contributed by atoms with Crippen LogP contribution in [0.5, 0.6) is 0 Å². The van der Waals surface area contributed by atoms with Crippen LogP contribution in [0.4, 0.5) is 11.4 Å². The lowest BCUT2D eigenvalue weighted by Gasteiger charge is -2.39. The highest BCUT2D eigenvalue weighted by Crippen LogP contribution is 2.42. The van der Waals surface area contributed by atoms with Crippen LogP contribution in [0.3, 0.4) is 0 Å². The first-order valence-electron chi connectivity index (χ1n) is 9.58. The zero-order chi connectivity index (χ0) is 18.6. The first kappa shape index (κ1) is 18.8. The molecule has 0 bridgehead atoms. The highest BCUT2D eigenvalue weighted by Gasteiger charge is 2.44. The zero-order valence-electron chi connectivity index (χ0n) is 15.8. The lowest BCUT2D eigenvalue weighted by atomic mass is 9.91. The second-order valence-electron chi connectivity index (χ2n) is 7.02. The Morgan fingerprint density at radius 1 is 1.12 bits per heavy atom. The molecule has 138 valence electrons. The summed E-state index contributed by atoms with van der Waals surface area (Å²) in [6.45, 7) is 6.97. The van der Waals surface area contributed by atoms with Gasteiger partial charge in [-0.2, -0.15) is 0 Å². The van der Waals surface area contributed by atoms with E-state index < -0.39 is 0 Å². The van der Waals surface area contributed by atoms with E-state index in [2.05, 4.69) is 47.9 Å². The summed E-state index contributed by atoms with van der Waals surface area (Å²) >= 11 is 6.10. The van der Waals surface area contributed by atoms with Crippen molar-refractivity contribution in [3.63, 3.8) is 0 Å². The summed E-state index contributed by atoms with van der Waals surface area (Å²) in [5, 5.41) is 8.13. The number of hydrogen-bond donors (Lipinski definition) is 2. The SMILES string of the molecule is CC.CC1CCC2(C1)Nc1ccccc1NC2=NCc1cccc(Cl)c1. The minimum Gasteiger partial charge on any atom is -0.371 e. The second kappa shape index (κ2) is 8.13. The van der Waals surface area contributed by atoms with Crippen LogP contribution >= 0.6 is 11.6 Å². The number of nitrogens with zero attached hydrogens (tertiary/aromatic N) is 1. The second-order valence-corrected chi connectivity index (χ2v) is 7.46. The Morgan fingerprint density at radius 3 is 2.58 bits per heavy atom. The van der Waals surface area contributed by atoms with Crippen molar-refractivity contribution in [2.24, 2.45) is 10.9 Å². The predicted octanol–water partition coefficient (Wildman–Crippen LogP) is 6.36. The van der Waals surface area contributed by atoms with Crippen molar-refractivity contribution < 1.29 is 0 Å². The van der Waals surface area contributed by atoms with Gasteiger partial charge in [-0.3, -0.25) is 4.99 Å². The number of nitrogens with one attached hydrogen (secondary N) is 2. The first-order valence-corrected chi connectivity index (χ1v) is 9.96. The van der Waals surface area contributed by atoms with E-state index in [-0.39, 0.29) is 5.54 Å². The average molecular weight is 370 g/mol. The standard InChI is InChI=1S/C20H22ClN3.C2H6/c1-14-9-10-20(12-14)19(22-13-15-5-4-6-16(21)11-15)23-17-7-2-3-8-18(17)24-20;1-2/h2-8,11,14,24H,9-10,12-13H2,1H3,(H,22,23);1-2H3. The summed E-state index contributed by atoms with van der Waals surface area (Å²) in [5.41, 5.74) is 3.35. The summed E-state index contributed by atoms with van der Waals surface area (Å²) in [6.07, 6.45) is 3.46. The number of benzene rings is 2. The molecule has 3 nitrogen and oxygen atoms in total. The van der Waals surface area contributed by atoms with Crippen LogP contribution < -0.4 is 10.6 Å². The van der Waals surface area contributed by atoms with Gasteiger partial charge in [0.25, 0.3) is 0 Å². The number of hydrogen-bond acceptors (Lipinski definition) is 2. The lowest BCUT2D eigenvalue weighted by molar-refractivity contribution is 0.567. The van der Waals surface area contributed by atoms with E-state index in [1.54, 1.807) is 0 Å². The van der Waals surface area contributed by atoms with Crippen molar-refractivity contribution in [3.05, 3.63) is 59.1 Å². The third-order valence-corrected chi connectivity index (χ3v) is 5.31. The fourth-order valence-corrected chi connectivity index (χ4v) is 4.10. The van der Waals surface area contributed by atoms with Gasteiger partial charge in [0, 0.05) is 5.02 Å². The average Bonchev–Trinajstić information content (AvgIpc) is 3.03. The summed E-state index contributed by atoms with van der Waals surface area (Å²) in [4.78, 5) is 4.95. The van der Waals surface area contributed by atoms with Crippen LogP contribution in [0, 0.1) is 5.92 Å². The Bertz CT molecular complexity index is 786. The molecular formula is C22H28ClN3. The van der Waals surface area contributed by atoms with Crippen molar-refractivity contribution >= 4 is 28.8 Å². The zero-order valence-corrected chi connectivity index (χ0v) is 16.6. The van der Waals surface area contributed by atoms with Gasteiger partial charge in [-0.25, -0.2) is 0 Å². The van der Waals surface area contributed by atoms with Gasteiger partial charge in [0.15, 0.2) is 0 Å². The normalized spacial score (nSPS) is 25.1. The topological polar surface area (TPSA) is 36.4 Å². The highest BCUT2D eigenvalue weighted by atomic mass is 35.5. The van der Waals surface area contributed by atoms with Gasteiger partial charge in [0.05, 0.1) is 23.5 Å². The molecule has 1 fully saturated rings. The fourth-order valence-electron chi connectivity index (χ4n) is 3.88. The van der Waals surface area contributed by atoms with E-state index in [1.807, 2.05) is 32.0 Å². The largest absolute Gasteiger partial charge is 0.371 e. The molecule has 26 heavy (non-hydrogen) atoms. The number of para-hydroxylation sites is 2. The van der Waals surface area contributed by atoms with Crippen molar-refractivity contribution in [1.29, 1.82) is 0 Å². The molecular weight excluding hydrogens is 342 g/mol. The van der Waals surface area contributed by atoms with E-state index in [1.165, 1.54) is 12.1 Å². The fraction of sp³-hybridized carbons (Fsp3) is 0.409. The van der Waals surface area contributed by atoms with Gasteiger partial charge < -0.3 is 10.6 Å². The van der Waals surface area contributed by atoms with Crippen molar-refractivity contribution in [2.75, 3.05) is 10.6 Å². The molecule has 0 amide bonds. The van der Waals surface area contributed by atoms with Crippen LogP contribution in [-0.2, 0) is 6.54 Å². The Hall–Kier alpha value is -2.00. The molecule has 1 heterocycles. The molecule has 1 aliphatic heterocycles. The van der Waals surface area contributed by atoms with Gasteiger partial charge >= 0.3 is 0 Å². The van der Waals surface area contributed by atoms with Crippen molar-refractivity contribution in [1.82, 2.24) is 0 Å². The van der Waals surface area contributed by atoms with Gasteiger partial charge in [-0.05, 0) is 55.0 Å². The molecule has 0 saturated heterocycles. The monoisotopic (exact) mass is 369 g/mol. The number of rotatable bonds is 2. The Kier molecular flexibility index (Phi) is 5.87. The Balaban J connectivity index is 0.000000948. The molecule has 2 aliphatic rings. The Labute approximate surface area is 161 Å². The third kappa shape index (κ3) is 3.88. The molecule has 2 N–H and O–H groups in total. The van der Waals surface area contributed by atoms with Crippen LogP contribution in [0.25, 0.3) is 0 Å². The van der Waals surface area contributed by atoms with Crippen molar-refractivity contribution in [3.8, 4) is 0 Å². The quantitative estimate of drug-likeness (QED) is 0.646. The lowest BCUT2D eigenvalue weighted by Crippen LogP contribution is -2.50. The maximum absolute atomic E-state index is 6.10. The molecule has 2 aromatic rings. The van der Waals surface area contributed by atoms with Crippen LogP contribution in [0.2, 0.25) is 5.02 Å². The van der Waals surface area contributed by atoms with Gasteiger partial charge in [0.2, 0.25) is 0 Å². The summed E-state index contributed by atoms with van der Waals surface area (Å²) < 4.78 is 0. The van der Waals surface area contributed by atoms with Crippen LogP contribution in [-0.4, -0.2) is 11.4 Å². The maximum atomic E-state index is 6.10.